The predicted octanol–water partition coefficient (Wildman–Crippen LogP) is 1.40. The number of Topliss-reactive ketones (excluding diaryl/α,β-unsaturated/α-hetero) is 1. The maximum absolute atomic E-state index is 11.0. The van der Waals surface area contributed by atoms with Crippen molar-refractivity contribution in [3.63, 3.8) is 0 Å². The molecule has 0 aromatic rings. The van der Waals surface area contributed by atoms with E-state index in [0.29, 0.717) is 0 Å². The summed E-state index contributed by atoms with van der Waals surface area (Å²) in [7, 11) is -1.70. The first kappa shape index (κ1) is 14.2. The Morgan fingerprint density at radius 1 is 1.60 bits per heavy atom. The van der Waals surface area contributed by atoms with E-state index < -0.39 is 25.7 Å². The van der Waals surface area contributed by atoms with Gasteiger partial charge < -0.3 is 10.2 Å². The number of carbonyl (C=O) groups is 1. The number of aliphatic hydroxyl groups excluding tert-OH is 2. The van der Waals surface area contributed by atoms with Gasteiger partial charge in [0.1, 0.15) is 6.61 Å². The molecule has 15 heavy (non-hydrogen) atoms. The summed E-state index contributed by atoms with van der Waals surface area (Å²) in [6, 6.07) is 0. The zero-order chi connectivity index (χ0) is 12.0. The number of carbonyl (C=O) groups excluding carboxylic acids is 1. The lowest BCUT2D eigenvalue weighted by molar-refractivity contribution is -0.120. The highest BCUT2D eigenvalue weighted by Gasteiger charge is 2.22. The Labute approximate surface area is 89.6 Å². The summed E-state index contributed by atoms with van der Waals surface area (Å²) < 4.78 is 15.4. The molecule has 0 aromatic heterocycles. The normalized spacial score (nSPS) is 15.5. The SMILES string of the molecule is C=C(O)C(=O)C[C@H](O)[C@H](C)CO[P+](C)=O. The van der Waals surface area contributed by atoms with Crippen LogP contribution in [0.15, 0.2) is 12.3 Å². The summed E-state index contributed by atoms with van der Waals surface area (Å²) in [5, 5.41) is 18.2. The van der Waals surface area contributed by atoms with E-state index in [9.17, 15) is 14.5 Å². The highest BCUT2D eigenvalue weighted by atomic mass is 31.1. The summed E-state index contributed by atoms with van der Waals surface area (Å²) in [4.78, 5) is 11.0. The van der Waals surface area contributed by atoms with Crippen LogP contribution in [0.3, 0.4) is 0 Å². The Balaban J connectivity index is 3.98. The van der Waals surface area contributed by atoms with Gasteiger partial charge in [0.25, 0.3) is 0 Å². The van der Waals surface area contributed by atoms with Gasteiger partial charge in [0.15, 0.2) is 18.2 Å². The van der Waals surface area contributed by atoms with Crippen LogP contribution in [0.4, 0.5) is 0 Å². The first-order valence-corrected chi connectivity index (χ1v) is 6.10. The largest absolute Gasteiger partial charge is 0.505 e. The molecule has 0 radical (unpaired) electrons. The Bertz CT molecular complexity index is 263. The molecule has 0 saturated heterocycles. The van der Waals surface area contributed by atoms with Crippen molar-refractivity contribution in [2.24, 2.45) is 5.92 Å². The highest BCUT2D eigenvalue weighted by molar-refractivity contribution is 7.38. The van der Waals surface area contributed by atoms with Crippen LogP contribution in [0.2, 0.25) is 0 Å². The number of ketones is 1. The van der Waals surface area contributed by atoms with Crippen LogP contribution in [0.5, 0.6) is 0 Å². The van der Waals surface area contributed by atoms with E-state index in [1.54, 1.807) is 6.92 Å². The zero-order valence-corrected chi connectivity index (χ0v) is 9.74. The second-order valence-electron chi connectivity index (χ2n) is 3.35. The van der Waals surface area contributed by atoms with Crippen molar-refractivity contribution in [3.8, 4) is 0 Å². The van der Waals surface area contributed by atoms with Crippen LogP contribution in [0.25, 0.3) is 0 Å². The molecule has 0 rings (SSSR count). The summed E-state index contributed by atoms with van der Waals surface area (Å²) in [5.41, 5.74) is 0. The highest BCUT2D eigenvalue weighted by Crippen LogP contribution is 2.19. The molecule has 0 amide bonds. The van der Waals surface area contributed by atoms with Gasteiger partial charge in [-0.2, -0.15) is 0 Å². The summed E-state index contributed by atoms with van der Waals surface area (Å²) in [6.07, 6.45) is -1.14. The molecule has 0 heterocycles. The molecule has 86 valence electrons. The molecule has 0 aliphatic rings. The molecule has 2 N–H and O–H groups in total. The molecule has 0 saturated carbocycles. The van der Waals surface area contributed by atoms with Crippen LogP contribution in [0, 0.1) is 5.92 Å². The molecule has 0 spiro atoms. The number of rotatable bonds is 7. The summed E-state index contributed by atoms with van der Waals surface area (Å²) >= 11 is 0. The predicted molar refractivity (Wildman–Crippen MR) is 56.0 cm³/mol. The van der Waals surface area contributed by atoms with Gasteiger partial charge in [-0.1, -0.05) is 13.5 Å². The fourth-order valence-corrected chi connectivity index (χ4v) is 1.29. The molecule has 0 aliphatic carbocycles. The van der Waals surface area contributed by atoms with E-state index >= 15 is 0 Å². The third kappa shape index (κ3) is 6.33. The van der Waals surface area contributed by atoms with Crippen LogP contribution < -0.4 is 0 Å². The third-order valence-corrected chi connectivity index (χ3v) is 2.41. The van der Waals surface area contributed by atoms with E-state index in [2.05, 4.69) is 6.58 Å². The van der Waals surface area contributed by atoms with E-state index in [4.69, 9.17) is 9.63 Å². The van der Waals surface area contributed by atoms with Crippen LogP contribution in [0.1, 0.15) is 13.3 Å². The first-order valence-electron chi connectivity index (χ1n) is 4.47. The monoisotopic (exact) mass is 235 g/mol. The maximum Gasteiger partial charge on any atom is 0.504 e. The number of hydrogen-bond donors (Lipinski definition) is 2. The van der Waals surface area contributed by atoms with Gasteiger partial charge in [-0.15, -0.1) is 4.52 Å². The second kappa shape index (κ2) is 6.67. The van der Waals surface area contributed by atoms with Crippen LogP contribution in [-0.4, -0.2) is 35.4 Å². The van der Waals surface area contributed by atoms with Gasteiger partial charge >= 0.3 is 8.03 Å². The van der Waals surface area contributed by atoms with Crippen molar-refractivity contribution in [1.82, 2.24) is 0 Å². The Kier molecular flexibility index (Phi) is 6.32. The fourth-order valence-electron chi connectivity index (χ4n) is 0.843. The zero-order valence-electron chi connectivity index (χ0n) is 8.84. The average Bonchev–Trinajstić information content (AvgIpc) is 2.13. The average molecular weight is 235 g/mol. The van der Waals surface area contributed by atoms with Gasteiger partial charge in [-0.3, -0.25) is 4.79 Å². The Hall–Kier alpha value is -0.770. The fraction of sp³-hybridized carbons (Fsp3) is 0.667. The second-order valence-corrected chi connectivity index (χ2v) is 4.49. The number of aliphatic hydroxyl groups is 2. The molecule has 1 unspecified atom stereocenters. The van der Waals surface area contributed by atoms with Gasteiger partial charge in [0.2, 0.25) is 0 Å². The molecule has 3 atom stereocenters. The quantitative estimate of drug-likeness (QED) is 0.396. The topological polar surface area (TPSA) is 83.8 Å². The smallest absolute Gasteiger partial charge is 0.504 e. The molecular weight excluding hydrogens is 219 g/mol. The molecule has 5 nitrogen and oxygen atoms in total. The lowest BCUT2D eigenvalue weighted by Crippen LogP contribution is -2.25. The van der Waals surface area contributed by atoms with E-state index in [1.807, 2.05) is 0 Å². The minimum atomic E-state index is -1.70. The molecule has 0 aromatic carbocycles. The van der Waals surface area contributed by atoms with Crippen molar-refractivity contribution in [1.29, 1.82) is 0 Å². The van der Waals surface area contributed by atoms with Crippen molar-refractivity contribution >= 4 is 13.8 Å². The lowest BCUT2D eigenvalue weighted by Gasteiger charge is -2.14. The van der Waals surface area contributed by atoms with Crippen molar-refractivity contribution in [2.45, 2.75) is 19.4 Å². The number of allylic oxidation sites excluding steroid dienone is 1. The molecule has 0 aliphatic heterocycles. The minimum Gasteiger partial charge on any atom is -0.505 e. The van der Waals surface area contributed by atoms with Gasteiger partial charge in [0, 0.05) is 12.3 Å². The first-order chi connectivity index (χ1) is 6.84. The molecule has 6 heteroatoms. The van der Waals surface area contributed by atoms with Crippen molar-refractivity contribution < 1.29 is 24.1 Å². The Morgan fingerprint density at radius 2 is 2.13 bits per heavy atom. The van der Waals surface area contributed by atoms with Crippen LogP contribution in [-0.2, 0) is 13.9 Å². The Morgan fingerprint density at radius 3 is 2.53 bits per heavy atom. The van der Waals surface area contributed by atoms with Gasteiger partial charge in [-0.25, -0.2) is 0 Å². The van der Waals surface area contributed by atoms with E-state index in [-0.39, 0.29) is 18.9 Å². The third-order valence-electron chi connectivity index (χ3n) is 1.89. The van der Waals surface area contributed by atoms with E-state index in [1.165, 1.54) is 6.66 Å². The van der Waals surface area contributed by atoms with Crippen LogP contribution >= 0.6 is 8.03 Å². The minimum absolute atomic E-state index is 0.109. The standard InChI is InChI=1S/C9H15O5P/c1-6(5-14-15(3)13)8(11)4-9(12)7(2)10/h6,8,11H,2,4-5H2,1,3H3/p+1/t6-,8+/m1/s1. The molecule has 0 fully saturated rings. The van der Waals surface area contributed by atoms with Gasteiger partial charge in [-0.05, 0) is 4.57 Å². The maximum atomic E-state index is 11.0. The summed E-state index contributed by atoms with van der Waals surface area (Å²) in [6.45, 7) is 6.24. The molecular formula is C9H16O5P+. The summed E-state index contributed by atoms with van der Waals surface area (Å²) in [5.74, 6) is -1.49. The van der Waals surface area contributed by atoms with Gasteiger partial charge in [0.05, 0.1) is 6.10 Å². The molecule has 0 bridgehead atoms. The van der Waals surface area contributed by atoms with Crippen molar-refractivity contribution in [2.75, 3.05) is 13.3 Å². The van der Waals surface area contributed by atoms with E-state index in [0.717, 1.165) is 0 Å². The van der Waals surface area contributed by atoms with Crippen molar-refractivity contribution in [3.05, 3.63) is 12.3 Å². The lowest BCUT2D eigenvalue weighted by atomic mass is 10.0. The number of hydrogen-bond acceptors (Lipinski definition) is 5.